The second kappa shape index (κ2) is 13.7. The van der Waals surface area contributed by atoms with E-state index >= 15 is 0 Å². The highest BCUT2D eigenvalue weighted by Crippen LogP contribution is 2.30. The average Bonchev–Trinajstić information content (AvgIpc) is 2.79. The van der Waals surface area contributed by atoms with E-state index in [1.54, 1.807) is 12.1 Å². The zero-order valence-electron chi connectivity index (χ0n) is 18.6. The molecule has 0 heterocycles. The van der Waals surface area contributed by atoms with Crippen LogP contribution in [0.2, 0.25) is 0 Å². The van der Waals surface area contributed by atoms with E-state index in [0.29, 0.717) is 12.4 Å². The highest BCUT2D eigenvalue weighted by atomic mass is 32.2. The second-order valence-corrected chi connectivity index (χ2v) is 9.75. The van der Waals surface area contributed by atoms with E-state index in [1.165, 1.54) is 30.3 Å². The lowest BCUT2D eigenvalue weighted by molar-refractivity contribution is 0.0692. The van der Waals surface area contributed by atoms with Crippen molar-refractivity contribution in [1.29, 1.82) is 0 Å². The topological polar surface area (TPSA) is 130 Å². The number of aromatic carboxylic acids is 1. The molecule has 2 aromatic carbocycles. The van der Waals surface area contributed by atoms with Gasteiger partial charge in [0.2, 0.25) is 0 Å². The van der Waals surface area contributed by atoms with E-state index in [0.717, 1.165) is 38.5 Å². The van der Waals surface area contributed by atoms with Crippen LogP contribution >= 0.6 is 0 Å². The van der Waals surface area contributed by atoms with Crippen LogP contribution in [-0.2, 0) is 9.84 Å². The number of carboxylic acid groups (broad SMARTS) is 1. The lowest BCUT2D eigenvalue weighted by atomic mass is 10.1. The number of aliphatic hydroxyl groups excluding tert-OH is 1. The molecule has 0 amide bonds. The SMILES string of the molecule is O=C(O)c1cccc(OCCCS(=O)(=O)c2ccc(OCCCCCCCCO)cc2)c1O. The van der Waals surface area contributed by atoms with E-state index in [1.807, 2.05) is 0 Å². The molecule has 3 N–H and O–H groups in total. The first-order chi connectivity index (χ1) is 15.8. The molecule has 0 radical (unpaired) electrons. The predicted octanol–water partition coefficient (Wildman–Crippen LogP) is 4.04. The minimum atomic E-state index is -3.51. The van der Waals surface area contributed by atoms with E-state index in [2.05, 4.69) is 0 Å². The Labute approximate surface area is 194 Å². The van der Waals surface area contributed by atoms with Crippen molar-refractivity contribution < 1.29 is 38.0 Å². The van der Waals surface area contributed by atoms with Crippen LogP contribution in [0, 0.1) is 0 Å². The molecule has 182 valence electrons. The number of hydrogen-bond acceptors (Lipinski definition) is 7. The number of rotatable bonds is 16. The van der Waals surface area contributed by atoms with Crippen molar-refractivity contribution >= 4 is 15.8 Å². The molecule has 0 aliphatic rings. The summed E-state index contributed by atoms with van der Waals surface area (Å²) in [5.74, 6) is -1.29. The van der Waals surface area contributed by atoms with Crippen molar-refractivity contribution in [3.8, 4) is 17.2 Å². The van der Waals surface area contributed by atoms with Crippen molar-refractivity contribution in [2.45, 2.75) is 49.8 Å². The van der Waals surface area contributed by atoms with Crippen LogP contribution in [0.15, 0.2) is 47.4 Å². The zero-order valence-corrected chi connectivity index (χ0v) is 19.4. The minimum absolute atomic E-state index is 0.000964. The van der Waals surface area contributed by atoms with Gasteiger partial charge in [-0.25, -0.2) is 13.2 Å². The number of aromatic hydroxyl groups is 1. The molecule has 0 aromatic heterocycles. The molecule has 0 atom stereocenters. The van der Waals surface area contributed by atoms with Crippen LogP contribution in [0.1, 0.15) is 55.3 Å². The molecule has 2 aromatic rings. The predicted molar refractivity (Wildman–Crippen MR) is 124 cm³/mol. The summed E-state index contributed by atoms with van der Waals surface area (Å²) in [6.45, 7) is 0.826. The Kier molecular flexibility index (Phi) is 11.0. The number of carboxylic acids is 1. The number of ether oxygens (including phenoxy) is 2. The van der Waals surface area contributed by atoms with Crippen LogP contribution < -0.4 is 9.47 Å². The first-order valence-corrected chi connectivity index (χ1v) is 12.7. The first-order valence-electron chi connectivity index (χ1n) is 11.1. The van der Waals surface area contributed by atoms with E-state index in [9.17, 15) is 18.3 Å². The molecule has 0 unspecified atom stereocenters. The number of sulfone groups is 1. The number of para-hydroxylation sites is 1. The molecule has 33 heavy (non-hydrogen) atoms. The fraction of sp³-hybridized carbons (Fsp3) is 0.458. The van der Waals surface area contributed by atoms with Crippen LogP contribution in [0.25, 0.3) is 0 Å². The highest BCUT2D eigenvalue weighted by Gasteiger charge is 2.16. The van der Waals surface area contributed by atoms with Gasteiger partial charge in [0.1, 0.15) is 11.3 Å². The highest BCUT2D eigenvalue weighted by molar-refractivity contribution is 7.91. The quantitative estimate of drug-likeness (QED) is 0.307. The fourth-order valence-electron chi connectivity index (χ4n) is 3.21. The Morgan fingerprint density at radius 3 is 2.12 bits per heavy atom. The third kappa shape index (κ3) is 8.94. The third-order valence-electron chi connectivity index (χ3n) is 5.05. The van der Waals surface area contributed by atoms with E-state index < -0.39 is 21.6 Å². The summed E-state index contributed by atoms with van der Waals surface area (Å²) < 4.78 is 36.1. The monoisotopic (exact) mass is 480 g/mol. The van der Waals surface area contributed by atoms with Gasteiger partial charge < -0.3 is 24.8 Å². The fourth-order valence-corrected chi connectivity index (χ4v) is 4.50. The van der Waals surface area contributed by atoms with Crippen molar-refractivity contribution in [2.24, 2.45) is 0 Å². The molecule has 0 saturated carbocycles. The summed E-state index contributed by atoms with van der Waals surface area (Å²) >= 11 is 0. The molecular formula is C24H32O8S. The van der Waals surface area contributed by atoms with Crippen LogP contribution in [0.4, 0.5) is 0 Å². The van der Waals surface area contributed by atoms with Crippen molar-refractivity contribution in [3.63, 3.8) is 0 Å². The molecule has 0 aliphatic heterocycles. The molecule has 0 bridgehead atoms. The molecule has 0 spiro atoms. The van der Waals surface area contributed by atoms with E-state index in [-0.39, 0.29) is 41.6 Å². The maximum absolute atomic E-state index is 12.5. The van der Waals surface area contributed by atoms with Gasteiger partial charge in [0, 0.05) is 6.61 Å². The van der Waals surface area contributed by atoms with Crippen molar-refractivity contribution in [1.82, 2.24) is 0 Å². The largest absolute Gasteiger partial charge is 0.504 e. The van der Waals surface area contributed by atoms with Gasteiger partial charge in [0.15, 0.2) is 21.3 Å². The lowest BCUT2D eigenvalue weighted by Gasteiger charge is -2.10. The van der Waals surface area contributed by atoms with Crippen LogP contribution in [-0.4, -0.2) is 55.3 Å². The van der Waals surface area contributed by atoms with E-state index in [4.69, 9.17) is 19.7 Å². The molecule has 0 aliphatic carbocycles. The Bertz CT molecular complexity index is 970. The number of aliphatic hydroxyl groups is 1. The average molecular weight is 481 g/mol. The van der Waals surface area contributed by atoms with Gasteiger partial charge in [-0.15, -0.1) is 0 Å². The molecule has 8 nitrogen and oxygen atoms in total. The summed E-state index contributed by atoms with van der Waals surface area (Å²) in [6, 6.07) is 10.4. The third-order valence-corrected chi connectivity index (χ3v) is 6.86. The van der Waals surface area contributed by atoms with Gasteiger partial charge in [0.05, 0.1) is 23.9 Å². The van der Waals surface area contributed by atoms with Crippen LogP contribution in [0.5, 0.6) is 17.2 Å². The summed E-state index contributed by atoms with van der Waals surface area (Å²) in [4.78, 5) is 11.2. The second-order valence-electron chi connectivity index (χ2n) is 7.64. The maximum Gasteiger partial charge on any atom is 0.339 e. The Balaban J connectivity index is 1.73. The van der Waals surface area contributed by atoms with Gasteiger partial charge in [-0.2, -0.15) is 0 Å². The van der Waals surface area contributed by atoms with Gasteiger partial charge in [-0.05, 0) is 55.7 Å². The summed E-state index contributed by atoms with van der Waals surface area (Å²) in [6.07, 6.45) is 6.25. The zero-order chi connectivity index (χ0) is 24.1. The summed E-state index contributed by atoms with van der Waals surface area (Å²) in [5.41, 5.74) is -0.277. The smallest absolute Gasteiger partial charge is 0.339 e. The summed E-state index contributed by atoms with van der Waals surface area (Å²) in [5, 5.41) is 27.7. The van der Waals surface area contributed by atoms with Crippen molar-refractivity contribution in [3.05, 3.63) is 48.0 Å². The molecular weight excluding hydrogens is 448 g/mol. The Hall–Kier alpha value is -2.78. The number of hydrogen-bond donors (Lipinski definition) is 3. The lowest BCUT2D eigenvalue weighted by Crippen LogP contribution is -2.11. The standard InChI is InChI=1S/C24H32O8S/c25-15-5-3-1-2-4-6-16-31-19-11-13-20(14-12-19)33(29,30)18-8-17-32-22-10-7-9-21(23(22)26)24(27)28/h7,9-14,25-26H,1-6,8,15-18H2,(H,27,28). The molecule has 9 heteroatoms. The van der Waals surface area contributed by atoms with Gasteiger partial charge in [0.25, 0.3) is 0 Å². The minimum Gasteiger partial charge on any atom is -0.504 e. The van der Waals surface area contributed by atoms with Gasteiger partial charge >= 0.3 is 5.97 Å². The molecule has 0 saturated heterocycles. The Morgan fingerprint density at radius 1 is 0.818 bits per heavy atom. The molecule has 2 rings (SSSR count). The molecule has 0 fully saturated rings. The number of carbonyl (C=O) groups is 1. The first kappa shape index (κ1) is 26.5. The Morgan fingerprint density at radius 2 is 1.45 bits per heavy atom. The van der Waals surface area contributed by atoms with Crippen molar-refractivity contribution in [2.75, 3.05) is 25.6 Å². The van der Waals surface area contributed by atoms with Gasteiger partial charge in [-0.3, -0.25) is 0 Å². The summed E-state index contributed by atoms with van der Waals surface area (Å²) in [7, 11) is -3.51. The van der Waals surface area contributed by atoms with Gasteiger partial charge in [-0.1, -0.05) is 31.7 Å². The van der Waals surface area contributed by atoms with Crippen LogP contribution in [0.3, 0.4) is 0 Å². The number of benzene rings is 2. The normalized spacial score (nSPS) is 11.3. The number of unbranched alkanes of at least 4 members (excludes halogenated alkanes) is 5. The number of phenols is 1. The maximum atomic E-state index is 12.5.